The van der Waals surface area contributed by atoms with Crippen molar-refractivity contribution in [3.8, 4) is 0 Å². The van der Waals surface area contributed by atoms with Crippen LogP contribution in [-0.2, 0) is 0 Å². The molecule has 0 saturated carbocycles. The van der Waals surface area contributed by atoms with Gasteiger partial charge in [0.2, 0.25) is 0 Å². The molecule has 0 aliphatic carbocycles. The van der Waals surface area contributed by atoms with Crippen LogP contribution in [0.25, 0.3) is 0 Å². The summed E-state index contributed by atoms with van der Waals surface area (Å²) in [4.78, 5) is 6.33. The van der Waals surface area contributed by atoms with Gasteiger partial charge < -0.3 is 4.90 Å². The molecular formula is C12H18N4S. The Kier molecular flexibility index (Phi) is 5.56. The number of nitrogens with one attached hydrogen (secondary N) is 1. The summed E-state index contributed by atoms with van der Waals surface area (Å²) in [5.41, 5.74) is 4.63. The van der Waals surface area contributed by atoms with Crippen molar-refractivity contribution in [1.29, 1.82) is 0 Å². The summed E-state index contributed by atoms with van der Waals surface area (Å²) in [5, 5.41) is 4.72. The fourth-order valence-corrected chi connectivity index (χ4v) is 1.68. The number of aromatic nitrogens is 1. The second-order valence-corrected chi connectivity index (χ2v) is 3.94. The molecule has 1 aromatic rings. The van der Waals surface area contributed by atoms with E-state index in [1.54, 1.807) is 6.21 Å². The van der Waals surface area contributed by atoms with Crippen LogP contribution in [0.5, 0.6) is 0 Å². The third-order valence-electron chi connectivity index (χ3n) is 2.32. The molecule has 5 heteroatoms. The molecule has 0 aliphatic heterocycles. The average molecular weight is 250 g/mol. The minimum absolute atomic E-state index is 0.638. The van der Waals surface area contributed by atoms with Crippen molar-refractivity contribution in [1.82, 2.24) is 15.3 Å². The maximum absolute atomic E-state index is 5.20. The first-order valence-electron chi connectivity index (χ1n) is 5.69. The molecule has 17 heavy (non-hydrogen) atoms. The van der Waals surface area contributed by atoms with Crippen LogP contribution in [0, 0.1) is 6.92 Å². The lowest BCUT2D eigenvalue weighted by atomic mass is 10.3. The fourth-order valence-electron chi connectivity index (χ4n) is 1.37. The number of hydrogen-bond donors (Lipinski definition) is 1. The number of pyridine rings is 1. The highest BCUT2D eigenvalue weighted by molar-refractivity contribution is 7.80. The highest BCUT2D eigenvalue weighted by Gasteiger charge is 2.02. The molecule has 0 spiro atoms. The zero-order chi connectivity index (χ0) is 12.7. The van der Waals surface area contributed by atoms with Crippen molar-refractivity contribution in [2.45, 2.75) is 20.8 Å². The van der Waals surface area contributed by atoms with Gasteiger partial charge in [0.25, 0.3) is 0 Å². The molecule has 0 aromatic carbocycles. The van der Waals surface area contributed by atoms with Crippen LogP contribution in [0.4, 0.5) is 0 Å². The van der Waals surface area contributed by atoms with Crippen LogP contribution in [-0.4, -0.2) is 34.3 Å². The monoisotopic (exact) mass is 250 g/mol. The number of aryl methyl sites for hydroxylation is 1. The first-order valence-corrected chi connectivity index (χ1v) is 6.09. The summed E-state index contributed by atoms with van der Waals surface area (Å²) in [6, 6.07) is 5.80. The smallest absolute Gasteiger partial charge is 0.189 e. The van der Waals surface area contributed by atoms with Crippen molar-refractivity contribution in [2.75, 3.05) is 13.1 Å². The van der Waals surface area contributed by atoms with Crippen molar-refractivity contribution < 1.29 is 0 Å². The second-order valence-electron chi connectivity index (χ2n) is 3.55. The fraction of sp³-hybridized carbons (Fsp3) is 0.417. The van der Waals surface area contributed by atoms with Gasteiger partial charge in [0.15, 0.2) is 5.11 Å². The molecule has 1 aromatic heterocycles. The van der Waals surface area contributed by atoms with E-state index < -0.39 is 0 Å². The van der Waals surface area contributed by atoms with E-state index in [1.807, 2.05) is 30.0 Å². The Hall–Kier alpha value is -1.49. The summed E-state index contributed by atoms with van der Waals surface area (Å²) in [7, 11) is 0. The van der Waals surface area contributed by atoms with Crippen LogP contribution in [0.1, 0.15) is 25.2 Å². The molecule has 1 N–H and O–H groups in total. The molecule has 0 fully saturated rings. The average Bonchev–Trinajstić information content (AvgIpc) is 2.30. The molecule has 0 radical (unpaired) electrons. The van der Waals surface area contributed by atoms with Gasteiger partial charge in [0.1, 0.15) is 0 Å². The van der Waals surface area contributed by atoms with Gasteiger partial charge in [0, 0.05) is 18.8 Å². The van der Waals surface area contributed by atoms with Gasteiger partial charge in [-0.3, -0.25) is 10.4 Å². The minimum Gasteiger partial charge on any atom is -0.348 e. The van der Waals surface area contributed by atoms with Gasteiger partial charge in [-0.05, 0) is 45.1 Å². The lowest BCUT2D eigenvalue weighted by Gasteiger charge is -2.20. The van der Waals surface area contributed by atoms with Gasteiger partial charge in [-0.15, -0.1) is 0 Å². The molecule has 92 valence electrons. The molecule has 0 atom stereocenters. The van der Waals surface area contributed by atoms with Crippen LogP contribution >= 0.6 is 12.2 Å². The molecule has 0 amide bonds. The lowest BCUT2D eigenvalue weighted by molar-refractivity contribution is 0.458. The normalized spacial score (nSPS) is 10.5. The SMILES string of the molecule is CCN(CC)C(=S)N/N=C/c1cccc(C)n1. The van der Waals surface area contributed by atoms with Crippen LogP contribution in [0.3, 0.4) is 0 Å². The Morgan fingerprint density at radius 3 is 2.76 bits per heavy atom. The Balaban J connectivity index is 2.53. The van der Waals surface area contributed by atoms with Gasteiger partial charge in [0.05, 0.1) is 11.9 Å². The van der Waals surface area contributed by atoms with Gasteiger partial charge in [-0.1, -0.05) is 6.07 Å². The molecule has 1 rings (SSSR count). The zero-order valence-corrected chi connectivity index (χ0v) is 11.3. The van der Waals surface area contributed by atoms with Crippen LogP contribution in [0.15, 0.2) is 23.3 Å². The predicted molar refractivity (Wildman–Crippen MR) is 75.2 cm³/mol. The van der Waals surface area contributed by atoms with E-state index >= 15 is 0 Å². The molecule has 0 saturated heterocycles. The van der Waals surface area contributed by atoms with E-state index in [9.17, 15) is 0 Å². The summed E-state index contributed by atoms with van der Waals surface area (Å²) in [6.45, 7) is 7.82. The molecule has 1 heterocycles. The topological polar surface area (TPSA) is 40.5 Å². The predicted octanol–water partition coefficient (Wildman–Crippen LogP) is 1.94. The first-order chi connectivity index (χ1) is 8.17. The van der Waals surface area contributed by atoms with Crippen molar-refractivity contribution in [3.63, 3.8) is 0 Å². The van der Waals surface area contributed by atoms with Gasteiger partial charge in [-0.25, -0.2) is 0 Å². The Bertz CT molecular complexity index is 399. The zero-order valence-electron chi connectivity index (χ0n) is 10.5. The number of rotatable bonds is 4. The van der Waals surface area contributed by atoms with Gasteiger partial charge in [-0.2, -0.15) is 5.10 Å². The van der Waals surface area contributed by atoms with Crippen molar-refractivity contribution in [3.05, 3.63) is 29.6 Å². The number of hydrogen-bond acceptors (Lipinski definition) is 3. The second kappa shape index (κ2) is 6.96. The highest BCUT2D eigenvalue weighted by Crippen LogP contribution is 1.94. The Morgan fingerprint density at radius 2 is 2.18 bits per heavy atom. The van der Waals surface area contributed by atoms with Crippen molar-refractivity contribution in [2.24, 2.45) is 5.10 Å². The maximum Gasteiger partial charge on any atom is 0.189 e. The molecule has 0 bridgehead atoms. The number of hydrazone groups is 1. The first kappa shape index (κ1) is 13.6. The summed E-state index contributed by atoms with van der Waals surface area (Å²) in [6.07, 6.45) is 1.67. The highest BCUT2D eigenvalue weighted by atomic mass is 32.1. The van der Waals surface area contributed by atoms with E-state index in [-0.39, 0.29) is 0 Å². The van der Waals surface area contributed by atoms with Crippen LogP contribution < -0.4 is 5.43 Å². The van der Waals surface area contributed by atoms with E-state index in [1.165, 1.54) is 0 Å². The van der Waals surface area contributed by atoms with E-state index in [0.717, 1.165) is 24.5 Å². The van der Waals surface area contributed by atoms with Crippen LogP contribution in [0.2, 0.25) is 0 Å². The van der Waals surface area contributed by atoms with E-state index in [2.05, 4.69) is 29.4 Å². The Morgan fingerprint density at radius 1 is 1.47 bits per heavy atom. The van der Waals surface area contributed by atoms with E-state index in [0.29, 0.717) is 5.11 Å². The number of nitrogens with zero attached hydrogens (tertiary/aromatic N) is 3. The van der Waals surface area contributed by atoms with Crippen molar-refractivity contribution >= 4 is 23.5 Å². The van der Waals surface area contributed by atoms with E-state index in [4.69, 9.17) is 12.2 Å². The molecule has 4 nitrogen and oxygen atoms in total. The molecule has 0 aliphatic rings. The molecule has 0 unspecified atom stereocenters. The maximum atomic E-state index is 5.20. The lowest BCUT2D eigenvalue weighted by Crippen LogP contribution is -2.37. The quantitative estimate of drug-likeness (QED) is 0.504. The van der Waals surface area contributed by atoms with Gasteiger partial charge >= 0.3 is 0 Å². The summed E-state index contributed by atoms with van der Waals surface area (Å²) in [5.74, 6) is 0. The third kappa shape index (κ3) is 4.48. The Labute approximate surface area is 108 Å². The number of thiocarbonyl (C=S) groups is 1. The third-order valence-corrected chi connectivity index (χ3v) is 2.67. The largest absolute Gasteiger partial charge is 0.348 e. The molecular weight excluding hydrogens is 232 g/mol. The summed E-state index contributed by atoms with van der Waals surface area (Å²) >= 11 is 5.20. The standard InChI is InChI=1S/C12H18N4S/c1-4-16(5-2)12(17)15-13-9-11-8-6-7-10(3)14-11/h6-9H,4-5H2,1-3H3,(H,15,17)/b13-9+. The summed E-state index contributed by atoms with van der Waals surface area (Å²) < 4.78 is 0. The minimum atomic E-state index is 0.638.